The van der Waals surface area contributed by atoms with Crippen LogP contribution in [-0.4, -0.2) is 30.3 Å². The SMILES string of the molecule is CC(C)C(O)CNC(=O)CCOc1ccccc1-c1ccccc1. The van der Waals surface area contributed by atoms with E-state index in [1.54, 1.807) is 0 Å². The van der Waals surface area contributed by atoms with Gasteiger partial charge in [-0.15, -0.1) is 0 Å². The lowest BCUT2D eigenvalue weighted by molar-refractivity contribution is -0.122. The van der Waals surface area contributed by atoms with Crippen LogP contribution in [0.2, 0.25) is 0 Å². The predicted octanol–water partition coefficient (Wildman–Crippen LogP) is 3.26. The Balaban J connectivity index is 1.86. The normalized spacial score (nSPS) is 12.0. The molecule has 0 bridgehead atoms. The van der Waals surface area contributed by atoms with E-state index >= 15 is 0 Å². The summed E-state index contributed by atoms with van der Waals surface area (Å²) in [6, 6.07) is 17.8. The molecule has 128 valence electrons. The van der Waals surface area contributed by atoms with Gasteiger partial charge >= 0.3 is 0 Å². The molecular formula is C20H25NO3. The molecule has 1 atom stereocenters. The van der Waals surface area contributed by atoms with Crippen LogP contribution in [0.25, 0.3) is 11.1 Å². The van der Waals surface area contributed by atoms with Gasteiger partial charge in [-0.25, -0.2) is 0 Å². The molecule has 0 fully saturated rings. The Morgan fingerprint density at radius 1 is 1.08 bits per heavy atom. The quantitative estimate of drug-likeness (QED) is 0.782. The number of carbonyl (C=O) groups is 1. The van der Waals surface area contributed by atoms with Crippen LogP contribution in [0.15, 0.2) is 54.6 Å². The van der Waals surface area contributed by atoms with Crippen LogP contribution in [0, 0.1) is 5.92 Å². The van der Waals surface area contributed by atoms with Crippen molar-refractivity contribution in [3.63, 3.8) is 0 Å². The van der Waals surface area contributed by atoms with E-state index < -0.39 is 6.10 Å². The van der Waals surface area contributed by atoms with E-state index in [-0.39, 0.29) is 24.8 Å². The lowest BCUT2D eigenvalue weighted by Crippen LogP contribution is -2.35. The van der Waals surface area contributed by atoms with Gasteiger partial charge < -0.3 is 15.2 Å². The van der Waals surface area contributed by atoms with Crippen molar-refractivity contribution in [2.24, 2.45) is 5.92 Å². The zero-order chi connectivity index (χ0) is 17.4. The largest absolute Gasteiger partial charge is 0.492 e. The summed E-state index contributed by atoms with van der Waals surface area (Å²) >= 11 is 0. The highest BCUT2D eigenvalue weighted by atomic mass is 16.5. The first-order valence-electron chi connectivity index (χ1n) is 8.30. The van der Waals surface area contributed by atoms with E-state index in [9.17, 15) is 9.90 Å². The van der Waals surface area contributed by atoms with Gasteiger partial charge in [0.05, 0.1) is 19.1 Å². The van der Waals surface area contributed by atoms with Gasteiger partial charge in [-0.1, -0.05) is 62.4 Å². The van der Waals surface area contributed by atoms with Crippen molar-refractivity contribution in [1.82, 2.24) is 5.32 Å². The van der Waals surface area contributed by atoms with E-state index in [1.165, 1.54) is 0 Å². The van der Waals surface area contributed by atoms with Gasteiger partial charge in [0.25, 0.3) is 0 Å². The van der Waals surface area contributed by atoms with Gasteiger partial charge in [-0.2, -0.15) is 0 Å². The lowest BCUT2D eigenvalue weighted by Gasteiger charge is -2.15. The standard InChI is InChI=1S/C20H25NO3/c1-15(2)18(22)14-21-20(23)12-13-24-19-11-7-6-10-17(19)16-8-4-3-5-9-16/h3-11,15,18,22H,12-14H2,1-2H3,(H,21,23). The van der Waals surface area contributed by atoms with E-state index in [0.29, 0.717) is 6.61 Å². The van der Waals surface area contributed by atoms with E-state index in [0.717, 1.165) is 16.9 Å². The Labute approximate surface area is 143 Å². The van der Waals surface area contributed by atoms with E-state index in [2.05, 4.69) is 5.32 Å². The number of amides is 1. The zero-order valence-electron chi connectivity index (χ0n) is 14.2. The first-order valence-corrected chi connectivity index (χ1v) is 8.30. The number of para-hydroxylation sites is 1. The number of benzene rings is 2. The molecule has 0 spiro atoms. The fourth-order valence-corrected chi connectivity index (χ4v) is 2.24. The van der Waals surface area contributed by atoms with Crippen molar-refractivity contribution in [1.29, 1.82) is 0 Å². The van der Waals surface area contributed by atoms with E-state index in [4.69, 9.17) is 4.74 Å². The second kappa shape index (κ2) is 9.08. The molecule has 0 aliphatic carbocycles. The van der Waals surface area contributed by atoms with Crippen LogP contribution in [0.1, 0.15) is 20.3 Å². The number of carbonyl (C=O) groups excluding carboxylic acids is 1. The molecule has 0 saturated heterocycles. The lowest BCUT2D eigenvalue weighted by atomic mass is 10.1. The van der Waals surface area contributed by atoms with Crippen LogP contribution in [0.3, 0.4) is 0 Å². The van der Waals surface area contributed by atoms with Crippen molar-refractivity contribution in [2.45, 2.75) is 26.4 Å². The smallest absolute Gasteiger partial charge is 0.223 e. The van der Waals surface area contributed by atoms with Crippen molar-refractivity contribution < 1.29 is 14.6 Å². The number of nitrogens with one attached hydrogen (secondary N) is 1. The van der Waals surface area contributed by atoms with Crippen LogP contribution >= 0.6 is 0 Å². The maximum absolute atomic E-state index is 11.8. The molecule has 1 unspecified atom stereocenters. The first kappa shape index (κ1) is 18.0. The molecule has 4 nitrogen and oxygen atoms in total. The number of aliphatic hydroxyl groups is 1. The van der Waals surface area contributed by atoms with Crippen LogP contribution < -0.4 is 10.1 Å². The van der Waals surface area contributed by atoms with Crippen LogP contribution in [0.5, 0.6) is 5.75 Å². The molecule has 2 N–H and O–H groups in total. The number of ether oxygens (including phenoxy) is 1. The summed E-state index contributed by atoms with van der Waals surface area (Å²) in [5, 5.41) is 12.4. The van der Waals surface area contributed by atoms with Gasteiger partial charge in [0.2, 0.25) is 5.91 Å². The fourth-order valence-electron chi connectivity index (χ4n) is 2.24. The third kappa shape index (κ3) is 5.39. The highest BCUT2D eigenvalue weighted by Gasteiger charge is 2.11. The second-order valence-corrected chi connectivity index (χ2v) is 6.08. The molecule has 0 saturated carbocycles. The van der Waals surface area contributed by atoms with Crippen molar-refractivity contribution in [3.05, 3.63) is 54.6 Å². The summed E-state index contributed by atoms with van der Waals surface area (Å²) in [6.07, 6.45) is -0.262. The molecule has 2 aromatic rings. The Bertz CT molecular complexity index is 640. The third-order valence-corrected chi connectivity index (χ3v) is 3.84. The summed E-state index contributed by atoms with van der Waals surface area (Å²) in [5.41, 5.74) is 2.09. The minimum absolute atomic E-state index is 0.119. The van der Waals surface area contributed by atoms with Gasteiger partial charge in [-0.05, 0) is 17.5 Å². The van der Waals surface area contributed by atoms with Gasteiger partial charge in [0.15, 0.2) is 0 Å². The van der Waals surface area contributed by atoms with Crippen LogP contribution in [0.4, 0.5) is 0 Å². The summed E-state index contributed by atoms with van der Waals surface area (Å²) in [4.78, 5) is 11.8. The predicted molar refractivity (Wildman–Crippen MR) is 95.8 cm³/mol. The summed E-state index contributed by atoms with van der Waals surface area (Å²) in [5.74, 6) is 0.768. The van der Waals surface area contributed by atoms with Crippen LogP contribution in [-0.2, 0) is 4.79 Å². The molecule has 24 heavy (non-hydrogen) atoms. The molecular weight excluding hydrogens is 302 g/mol. The summed E-state index contributed by atoms with van der Waals surface area (Å²) < 4.78 is 5.79. The first-order chi connectivity index (χ1) is 11.6. The minimum atomic E-state index is -0.520. The monoisotopic (exact) mass is 327 g/mol. The zero-order valence-corrected chi connectivity index (χ0v) is 14.2. The molecule has 4 heteroatoms. The van der Waals surface area contributed by atoms with Crippen molar-refractivity contribution >= 4 is 5.91 Å². The minimum Gasteiger partial charge on any atom is -0.492 e. The Morgan fingerprint density at radius 3 is 2.46 bits per heavy atom. The Morgan fingerprint density at radius 2 is 1.75 bits per heavy atom. The van der Waals surface area contributed by atoms with Crippen molar-refractivity contribution in [2.75, 3.05) is 13.2 Å². The van der Waals surface area contributed by atoms with Gasteiger partial charge in [0, 0.05) is 12.1 Å². The maximum Gasteiger partial charge on any atom is 0.223 e. The topological polar surface area (TPSA) is 58.6 Å². The number of hydrogen-bond acceptors (Lipinski definition) is 3. The average Bonchev–Trinajstić information content (AvgIpc) is 2.60. The molecule has 2 rings (SSSR count). The maximum atomic E-state index is 11.8. The third-order valence-electron chi connectivity index (χ3n) is 3.84. The second-order valence-electron chi connectivity index (χ2n) is 6.08. The molecule has 0 aliphatic heterocycles. The number of aliphatic hydroxyl groups excluding tert-OH is 1. The fraction of sp³-hybridized carbons (Fsp3) is 0.350. The molecule has 2 aromatic carbocycles. The average molecular weight is 327 g/mol. The van der Waals surface area contributed by atoms with Gasteiger partial charge in [0.1, 0.15) is 5.75 Å². The molecule has 0 radical (unpaired) electrons. The number of hydrogen-bond donors (Lipinski definition) is 2. The highest BCUT2D eigenvalue weighted by Crippen LogP contribution is 2.29. The van der Waals surface area contributed by atoms with Crippen molar-refractivity contribution in [3.8, 4) is 16.9 Å². The van der Waals surface area contributed by atoms with Gasteiger partial charge in [-0.3, -0.25) is 4.79 Å². The Hall–Kier alpha value is -2.33. The Kier molecular flexibility index (Phi) is 6.82. The molecule has 0 heterocycles. The summed E-state index contributed by atoms with van der Waals surface area (Å²) in [6.45, 7) is 4.41. The van der Waals surface area contributed by atoms with E-state index in [1.807, 2.05) is 68.4 Å². The highest BCUT2D eigenvalue weighted by molar-refractivity contribution is 5.76. The molecule has 0 aromatic heterocycles. The molecule has 1 amide bonds. The molecule has 0 aliphatic rings. The summed E-state index contributed by atoms with van der Waals surface area (Å²) in [7, 11) is 0. The number of rotatable bonds is 8.